The Bertz CT molecular complexity index is 1240. The van der Waals surface area contributed by atoms with Crippen LogP contribution in [0.2, 0.25) is 0 Å². The van der Waals surface area contributed by atoms with E-state index in [1.165, 1.54) is 23.4 Å². The highest BCUT2D eigenvalue weighted by molar-refractivity contribution is 5.96. The van der Waals surface area contributed by atoms with Gasteiger partial charge in [-0.1, -0.05) is 24.3 Å². The lowest BCUT2D eigenvalue weighted by Gasteiger charge is -2.29. The number of hydrogen-bond acceptors (Lipinski definition) is 4. The standard InChI is InChI=1S/C22H19F2N5O2/c23-16-6-7-18(19(24)9-16)22(31,12-29-14-25-13-28-29)11-27-21(30)8-5-15-10-26-20-4-2-1-3-17(15)20/h1-10,13-14,26,31H,11-12H2,(H,27,30)/b8-5+. The zero-order chi connectivity index (χ0) is 21.8. The third-order valence-corrected chi connectivity index (χ3v) is 4.91. The van der Waals surface area contributed by atoms with Crippen LogP contribution >= 0.6 is 0 Å². The number of aromatic nitrogens is 4. The Morgan fingerprint density at radius 1 is 1.26 bits per heavy atom. The van der Waals surface area contributed by atoms with Crippen molar-refractivity contribution in [2.75, 3.05) is 6.54 Å². The quantitative estimate of drug-likeness (QED) is 0.398. The van der Waals surface area contributed by atoms with Gasteiger partial charge in [0, 0.05) is 34.8 Å². The molecule has 2 aromatic heterocycles. The molecular weight excluding hydrogens is 404 g/mol. The average Bonchev–Trinajstić information content (AvgIpc) is 3.40. The summed E-state index contributed by atoms with van der Waals surface area (Å²) >= 11 is 0. The fourth-order valence-corrected chi connectivity index (χ4v) is 3.38. The Morgan fingerprint density at radius 3 is 2.87 bits per heavy atom. The number of rotatable bonds is 7. The Morgan fingerprint density at radius 2 is 2.10 bits per heavy atom. The van der Waals surface area contributed by atoms with Gasteiger partial charge in [0.05, 0.1) is 13.1 Å². The average molecular weight is 423 g/mol. The molecule has 0 aliphatic carbocycles. The minimum Gasteiger partial charge on any atom is -0.381 e. The summed E-state index contributed by atoms with van der Waals surface area (Å²) in [5.41, 5.74) is -0.273. The van der Waals surface area contributed by atoms with E-state index >= 15 is 0 Å². The number of nitrogens with one attached hydrogen (secondary N) is 2. The third kappa shape index (κ3) is 4.51. The van der Waals surface area contributed by atoms with Gasteiger partial charge in [-0.15, -0.1) is 0 Å². The number of carbonyl (C=O) groups excluding carboxylic acids is 1. The summed E-state index contributed by atoms with van der Waals surface area (Å²) in [6, 6.07) is 10.5. The number of carbonyl (C=O) groups is 1. The van der Waals surface area contributed by atoms with E-state index in [-0.39, 0.29) is 18.7 Å². The van der Waals surface area contributed by atoms with Gasteiger partial charge in [0.1, 0.15) is 29.9 Å². The number of amides is 1. The number of aromatic amines is 1. The van der Waals surface area contributed by atoms with Crippen molar-refractivity contribution in [2.24, 2.45) is 0 Å². The van der Waals surface area contributed by atoms with Gasteiger partial charge in [0.15, 0.2) is 0 Å². The zero-order valence-corrected chi connectivity index (χ0v) is 16.3. The summed E-state index contributed by atoms with van der Waals surface area (Å²) in [5, 5.41) is 18.6. The van der Waals surface area contributed by atoms with E-state index < -0.39 is 23.1 Å². The molecule has 0 radical (unpaired) electrons. The molecule has 7 nitrogen and oxygen atoms in total. The predicted molar refractivity (Wildman–Crippen MR) is 111 cm³/mol. The van der Waals surface area contributed by atoms with Gasteiger partial charge in [-0.2, -0.15) is 5.10 Å². The topological polar surface area (TPSA) is 95.8 Å². The molecule has 158 valence electrons. The fourth-order valence-electron chi connectivity index (χ4n) is 3.38. The molecule has 0 aliphatic rings. The molecule has 9 heteroatoms. The first kappa shape index (κ1) is 20.4. The van der Waals surface area contributed by atoms with Crippen molar-refractivity contribution < 1.29 is 18.7 Å². The molecule has 4 aromatic rings. The molecule has 0 aliphatic heterocycles. The zero-order valence-electron chi connectivity index (χ0n) is 16.3. The van der Waals surface area contributed by atoms with Crippen LogP contribution < -0.4 is 5.32 Å². The molecule has 1 amide bonds. The molecule has 0 spiro atoms. The summed E-state index contributed by atoms with van der Waals surface area (Å²) < 4.78 is 29.1. The van der Waals surface area contributed by atoms with E-state index in [4.69, 9.17) is 0 Å². The van der Waals surface area contributed by atoms with E-state index in [0.29, 0.717) is 6.07 Å². The Kier molecular flexibility index (Phi) is 5.59. The largest absolute Gasteiger partial charge is 0.381 e. The van der Waals surface area contributed by atoms with Crippen LogP contribution in [0.3, 0.4) is 0 Å². The molecule has 2 heterocycles. The predicted octanol–water partition coefficient (Wildman–Crippen LogP) is 2.76. The molecule has 3 N–H and O–H groups in total. The maximum absolute atomic E-state index is 14.4. The molecule has 0 bridgehead atoms. The van der Waals surface area contributed by atoms with Crippen LogP contribution in [0, 0.1) is 11.6 Å². The molecule has 4 rings (SSSR count). The van der Waals surface area contributed by atoms with Crippen LogP contribution in [0.25, 0.3) is 17.0 Å². The molecular formula is C22H19F2N5O2. The van der Waals surface area contributed by atoms with Gasteiger partial charge in [-0.3, -0.25) is 4.79 Å². The first-order valence-electron chi connectivity index (χ1n) is 9.47. The van der Waals surface area contributed by atoms with Crippen molar-refractivity contribution >= 4 is 22.9 Å². The van der Waals surface area contributed by atoms with Crippen LogP contribution in [-0.2, 0) is 16.9 Å². The van der Waals surface area contributed by atoms with Crippen LogP contribution in [0.4, 0.5) is 8.78 Å². The molecule has 0 saturated carbocycles. The maximum atomic E-state index is 14.4. The Balaban J connectivity index is 1.52. The molecule has 0 saturated heterocycles. The Labute approximate surface area is 176 Å². The van der Waals surface area contributed by atoms with Gasteiger partial charge in [0.25, 0.3) is 0 Å². The molecule has 31 heavy (non-hydrogen) atoms. The summed E-state index contributed by atoms with van der Waals surface area (Å²) in [4.78, 5) is 19.3. The van der Waals surface area contributed by atoms with Crippen LogP contribution in [0.15, 0.2) is 67.4 Å². The summed E-state index contributed by atoms with van der Waals surface area (Å²) in [6.45, 7) is -0.519. The number of fused-ring (bicyclic) bond motifs is 1. The summed E-state index contributed by atoms with van der Waals surface area (Å²) in [7, 11) is 0. The highest BCUT2D eigenvalue weighted by Crippen LogP contribution is 2.26. The molecule has 2 aromatic carbocycles. The van der Waals surface area contributed by atoms with Gasteiger partial charge in [0.2, 0.25) is 5.91 Å². The van der Waals surface area contributed by atoms with Gasteiger partial charge in [-0.05, 0) is 23.8 Å². The number of benzene rings is 2. The molecule has 1 atom stereocenters. The molecule has 0 fully saturated rings. The maximum Gasteiger partial charge on any atom is 0.244 e. The number of halogens is 2. The van der Waals surface area contributed by atoms with Gasteiger partial charge >= 0.3 is 0 Å². The minimum absolute atomic E-state index is 0.162. The second-order valence-corrected chi connectivity index (χ2v) is 7.09. The fraction of sp³-hybridized carbons (Fsp3) is 0.136. The van der Waals surface area contributed by atoms with Crippen LogP contribution in [0.5, 0.6) is 0 Å². The van der Waals surface area contributed by atoms with Crippen molar-refractivity contribution in [1.82, 2.24) is 25.1 Å². The van der Waals surface area contributed by atoms with E-state index in [9.17, 15) is 18.7 Å². The lowest BCUT2D eigenvalue weighted by atomic mass is 9.92. The summed E-state index contributed by atoms with van der Waals surface area (Å²) in [5.74, 6) is -2.17. The normalized spacial score (nSPS) is 13.5. The first-order valence-corrected chi connectivity index (χ1v) is 9.47. The molecule has 1 unspecified atom stereocenters. The summed E-state index contributed by atoms with van der Waals surface area (Å²) in [6.07, 6.45) is 7.37. The second-order valence-electron chi connectivity index (χ2n) is 7.09. The van der Waals surface area contributed by atoms with Crippen molar-refractivity contribution in [3.8, 4) is 0 Å². The first-order chi connectivity index (χ1) is 14.9. The SMILES string of the molecule is O=C(/C=C/c1c[nH]c2ccccc12)NCC(O)(Cn1cncn1)c1ccc(F)cc1F. The lowest BCUT2D eigenvalue weighted by molar-refractivity contribution is -0.118. The number of para-hydroxylation sites is 1. The van der Waals surface area contributed by atoms with E-state index in [2.05, 4.69) is 20.4 Å². The van der Waals surface area contributed by atoms with Crippen LogP contribution in [0.1, 0.15) is 11.1 Å². The monoisotopic (exact) mass is 423 g/mol. The van der Waals surface area contributed by atoms with E-state index in [0.717, 1.165) is 28.6 Å². The van der Waals surface area contributed by atoms with Crippen molar-refractivity contribution in [3.05, 3.63) is 90.2 Å². The number of hydrogen-bond donors (Lipinski definition) is 3. The Hall–Kier alpha value is -3.85. The van der Waals surface area contributed by atoms with Crippen LogP contribution in [-0.4, -0.2) is 37.3 Å². The van der Waals surface area contributed by atoms with Crippen molar-refractivity contribution in [1.29, 1.82) is 0 Å². The van der Waals surface area contributed by atoms with E-state index in [1.807, 2.05) is 24.3 Å². The number of H-pyrrole nitrogens is 1. The van der Waals surface area contributed by atoms with Gasteiger partial charge in [-0.25, -0.2) is 18.4 Å². The third-order valence-electron chi connectivity index (χ3n) is 4.91. The lowest BCUT2D eigenvalue weighted by Crippen LogP contribution is -2.44. The van der Waals surface area contributed by atoms with Gasteiger partial charge < -0.3 is 15.4 Å². The number of nitrogens with zero attached hydrogens (tertiary/aromatic N) is 3. The minimum atomic E-state index is -1.88. The van der Waals surface area contributed by atoms with Crippen molar-refractivity contribution in [2.45, 2.75) is 12.1 Å². The van der Waals surface area contributed by atoms with E-state index in [1.54, 1.807) is 12.3 Å². The highest BCUT2D eigenvalue weighted by atomic mass is 19.1. The van der Waals surface area contributed by atoms with Crippen molar-refractivity contribution in [3.63, 3.8) is 0 Å². The number of aliphatic hydroxyl groups is 1. The highest BCUT2D eigenvalue weighted by Gasteiger charge is 2.34. The second kappa shape index (κ2) is 8.49. The smallest absolute Gasteiger partial charge is 0.244 e.